The van der Waals surface area contributed by atoms with Crippen molar-refractivity contribution in [2.24, 2.45) is 0 Å². The molecular weight excluding hydrogens is 671 g/mol. The van der Waals surface area contributed by atoms with Gasteiger partial charge in [0, 0.05) is 51.6 Å². The van der Waals surface area contributed by atoms with Crippen molar-refractivity contribution >= 4 is 22.5 Å². The van der Waals surface area contributed by atoms with E-state index in [-0.39, 0.29) is 6.04 Å². The van der Waals surface area contributed by atoms with Crippen molar-refractivity contribution in [1.82, 2.24) is 19.9 Å². The second-order valence-electron chi connectivity index (χ2n) is 13.9. The Hall–Kier alpha value is -7.24. The molecule has 1 aliphatic heterocycles. The fraction of sp³-hybridized carbons (Fsp3) is 0.0400. The fourth-order valence-corrected chi connectivity index (χ4v) is 7.82. The first-order chi connectivity index (χ1) is 27.2. The number of benzene rings is 6. The summed E-state index contributed by atoms with van der Waals surface area (Å²) in [6.07, 6.45) is 9.17. The Balaban J connectivity index is 1.01. The number of para-hydroxylation sites is 2. The maximum atomic E-state index is 5.08. The topological polar surface area (TPSA) is 54.8 Å². The highest BCUT2D eigenvalue weighted by atomic mass is 15.2. The summed E-state index contributed by atoms with van der Waals surface area (Å²) in [5.74, 6) is 1.88. The van der Waals surface area contributed by atoms with Crippen LogP contribution < -0.4 is 4.90 Å². The lowest BCUT2D eigenvalue weighted by Gasteiger charge is -2.30. The van der Waals surface area contributed by atoms with Crippen LogP contribution in [0.25, 0.3) is 67.6 Å². The Morgan fingerprint density at radius 3 is 1.71 bits per heavy atom. The van der Waals surface area contributed by atoms with Crippen LogP contribution in [0.15, 0.2) is 194 Å². The molecule has 1 aliphatic carbocycles. The van der Waals surface area contributed by atoms with Crippen molar-refractivity contribution in [2.45, 2.75) is 12.5 Å². The van der Waals surface area contributed by atoms with Gasteiger partial charge in [-0.05, 0) is 70.2 Å². The van der Waals surface area contributed by atoms with E-state index in [0.29, 0.717) is 17.5 Å². The van der Waals surface area contributed by atoms with Crippen molar-refractivity contribution < 1.29 is 0 Å². The molecule has 0 saturated heterocycles. The van der Waals surface area contributed by atoms with Gasteiger partial charge in [0.2, 0.25) is 0 Å². The van der Waals surface area contributed by atoms with Crippen LogP contribution in [0.2, 0.25) is 0 Å². The number of fused-ring (bicyclic) bond motifs is 3. The van der Waals surface area contributed by atoms with Crippen molar-refractivity contribution in [2.75, 3.05) is 4.90 Å². The van der Waals surface area contributed by atoms with E-state index < -0.39 is 0 Å². The number of rotatable bonds is 7. The number of hydrogen-bond acceptors (Lipinski definition) is 5. The zero-order valence-electron chi connectivity index (χ0n) is 30.0. The minimum Gasteiger partial charge on any atom is -0.333 e. The average molecular weight is 706 g/mol. The number of hydrogen-bond donors (Lipinski definition) is 0. The second-order valence-corrected chi connectivity index (χ2v) is 13.9. The summed E-state index contributed by atoms with van der Waals surface area (Å²) >= 11 is 0. The van der Waals surface area contributed by atoms with Gasteiger partial charge in [0.25, 0.3) is 0 Å². The van der Waals surface area contributed by atoms with Crippen LogP contribution in [0.1, 0.15) is 17.5 Å². The molecule has 8 aromatic rings. The lowest BCUT2D eigenvalue weighted by Crippen LogP contribution is -2.28. The first kappa shape index (κ1) is 32.4. The molecule has 6 aromatic carbocycles. The van der Waals surface area contributed by atoms with Gasteiger partial charge in [0.05, 0.1) is 6.04 Å². The number of allylic oxidation sites excluding steroid dienone is 2. The Kier molecular flexibility index (Phi) is 8.23. The molecule has 10 rings (SSSR count). The number of nitrogens with zero attached hydrogens (tertiary/aromatic N) is 5. The summed E-state index contributed by atoms with van der Waals surface area (Å²) in [7, 11) is 0. The van der Waals surface area contributed by atoms with Crippen LogP contribution in [0.5, 0.6) is 0 Å². The molecule has 1 unspecified atom stereocenters. The summed E-state index contributed by atoms with van der Waals surface area (Å²) in [6, 6.07) is 59.6. The lowest BCUT2D eigenvalue weighted by atomic mass is 9.88. The van der Waals surface area contributed by atoms with Crippen LogP contribution in [0.4, 0.5) is 11.4 Å². The summed E-state index contributed by atoms with van der Waals surface area (Å²) in [4.78, 5) is 22.0. The highest BCUT2D eigenvalue weighted by molar-refractivity contribution is 5.96. The average Bonchev–Trinajstić information content (AvgIpc) is 3.61. The molecule has 1 atom stereocenters. The van der Waals surface area contributed by atoms with E-state index in [9.17, 15) is 0 Å². The van der Waals surface area contributed by atoms with E-state index in [2.05, 4.69) is 174 Å². The molecular formula is C50H35N5. The predicted octanol–water partition coefficient (Wildman–Crippen LogP) is 12.0. The largest absolute Gasteiger partial charge is 0.333 e. The molecule has 0 bridgehead atoms. The fourth-order valence-electron chi connectivity index (χ4n) is 7.82. The first-order valence-corrected chi connectivity index (χ1v) is 18.6. The molecule has 55 heavy (non-hydrogen) atoms. The minimum atomic E-state index is 0.226. The van der Waals surface area contributed by atoms with Gasteiger partial charge in [0.15, 0.2) is 17.5 Å². The van der Waals surface area contributed by atoms with Crippen LogP contribution in [0, 0.1) is 0 Å². The van der Waals surface area contributed by atoms with Gasteiger partial charge in [-0.25, -0.2) is 15.0 Å². The van der Waals surface area contributed by atoms with Crippen molar-refractivity contribution in [3.8, 4) is 56.4 Å². The lowest BCUT2D eigenvalue weighted by molar-refractivity contribution is 0.840. The van der Waals surface area contributed by atoms with E-state index in [4.69, 9.17) is 15.0 Å². The molecule has 0 radical (unpaired) electrons. The zero-order valence-corrected chi connectivity index (χ0v) is 30.0. The maximum absolute atomic E-state index is 5.08. The van der Waals surface area contributed by atoms with E-state index in [0.717, 1.165) is 39.8 Å². The van der Waals surface area contributed by atoms with Crippen LogP contribution >= 0.6 is 0 Å². The molecule has 0 amide bonds. The highest BCUT2D eigenvalue weighted by Gasteiger charge is 2.36. The van der Waals surface area contributed by atoms with Gasteiger partial charge >= 0.3 is 0 Å². The molecule has 260 valence electrons. The standard InChI is InChI=1S/C50H35N5/c1-3-11-34(12-4-1)35-20-24-37(25-21-35)48-52-49(54-50(53-48)41-14-9-13-39(31-41)42-15-10-30-51-33-42)38-26-22-36(23-27-38)40-28-29-45-44-18-7-8-19-46(44)55(47(45)32-40)43-16-5-2-6-17-43/h1-31,33,47H,32H2. The van der Waals surface area contributed by atoms with E-state index in [1.807, 2.05) is 24.4 Å². The number of aromatic nitrogens is 4. The molecule has 0 fully saturated rings. The molecule has 0 saturated carbocycles. The monoisotopic (exact) mass is 705 g/mol. The van der Waals surface area contributed by atoms with Gasteiger partial charge in [-0.1, -0.05) is 152 Å². The zero-order chi connectivity index (χ0) is 36.6. The summed E-state index contributed by atoms with van der Waals surface area (Å²) in [5, 5.41) is 0. The third-order valence-electron chi connectivity index (χ3n) is 10.6. The molecule has 3 heterocycles. The third kappa shape index (κ3) is 6.22. The normalized spacial score (nSPS) is 14.5. The Bertz CT molecular complexity index is 2700. The maximum Gasteiger partial charge on any atom is 0.164 e. The Morgan fingerprint density at radius 2 is 1.00 bits per heavy atom. The number of pyridine rings is 1. The summed E-state index contributed by atoms with van der Waals surface area (Å²) in [5.41, 5.74) is 14.8. The molecule has 2 aliphatic rings. The van der Waals surface area contributed by atoms with Crippen molar-refractivity contribution in [3.63, 3.8) is 0 Å². The molecule has 0 N–H and O–H groups in total. The third-order valence-corrected chi connectivity index (χ3v) is 10.6. The smallest absolute Gasteiger partial charge is 0.164 e. The van der Waals surface area contributed by atoms with Gasteiger partial charge < -0.3 is 4.90 Å². The van der Waals surface area contributed by atoms with E-state index in [1.54, 1.807) is 6.20 Å². The Labute approximate surface area is 320 Å². The summed E-state index contributed by atoms with van der Waals surface area (Å²) < 4.78 is 0. The second kappa shape index (κ2) is 14.0. The van der Waals surface area contributed by atoms with Gasteiger partial charge in [-0.3, -0.25) is 4.98 Å². The number of anilines is 2. The predicted molar refractivity (Wildman–Crippen MR) is 224 cm³/mol. The van der Waals surface area contributed by atoms with Crippen molar-refractivity contribution in [3.05, 3.63) is 206 Å². The molecule has 0 spiro atoms. The van der Waals surface area contributed by atoms with E-state index >= 15 is 0 Å². The van der Waals surface area contributed by atoms with E-state index in [1.165, 1.54) is 39.2 Å². The van der Waals surface area contributed by atoms with Crippen LogP contribution in [0.3, 0.4) is 0 Å². The SMILES string of the molecule is C1=C(c2ccc(-c3nc(-c4ccc(-c5ccccc5)cc4)nc(-c4cccc(-c5cccnc5)c4)n3)cc2)CC2C(=C1)c1ccccc1N2c1ccccc1. The van der Waals surface area contributed by atoms with Gasteiger partial charge in [-0.15, -0.1) is 0 Å². The quantitative estimate of drug-likeness (QED) is 0.165. The molecule has 2 aromatic heterocycles. The Morgan fingerprint density at radius 1 is 0.436 bits per heavy atom. The molecule has 5 heteroatoms. The highest BCUT2D eigenvalue weighted by Crippen LogP contribution is 2.49. The van der Waals surface area contributed by atoms with Gasteiger partial charge in [-0.2, -0.15) is 0 Å². The van der Waals surface area contributed by atoms with Crippen LogP contribution in [-0.2, 0) is 0 Å². The minimum absolute atomic E-state index is 0.226. The molecule has 5 nitrogen and oxygen atoms in total. The van der Waals surface area contributed by atoms with Crippen LogP contribution in [-0.4, -0.2) is 26.0 Å². The van der Waals surface area contributed by atoms with Gasteiger partial charge in [0.1, 0.15) is 0 Å². The van der Waals surface area contributed by atoms with Crippen molar-refractivity contribution in [1.29, 1.82) is 0 Å². The summed E-state index contributed by atoms with van der Waals surface area (Å²) in [6.45, 7) is 0. The first-order valence-electron chi connectivity index (χ1n) is 18.6.